The average molecular weight is 409 g/mol. The van der Waals surface area contributed by atoms with E-state index in [4.69, 9.17) is 11.6 Å². The van der Waals surface area contributed by atoms with Crippen molar-refractivity contribution in [2.75, 3.05) is 5.75 Å². The molecule has 0 bridgehead atoms. The second-order valence-electron chi connectivity index (χ2n) is 5.94. The van der Waals surface area contributed by atoms with Gasteiger partial charge in [-0.1, -0.05) is 23.4 Å². The summed E-state index contributed by atoms with van der Waals surface area (Å²) in [5, 5.41) is 11.1. The number of fused-ring (bicyclic) bond motifs is 1. The molecule has 8 heteroatoms. The molecule has 5 nitrogen and oxygen atoms in total. The number of thioether (sulfide) groups is 1. The van der Waals surface area contributed by atoms with E-state index >= 15 is 0 Å². The number of thiophene rings is 1. The summed E-state index contributed by atoms with van der Waals surface area (Å²) in [5.41, 5.74) is 0.223. The third kappa shape index (κ3) is 4.17. The summed E-state index contributed by atoms with van der Waals surface area (Å²) in [6.45, 7) is 3.66. The molecular weight excluding hydrogens is 392 g/mol. The zero-order valence-electron chi connectivity index (χ0n) is 14.2. The number of benzene rings is 1. The van der Waals surface area contributed by atoms with Gasteiger partial charge in [0, 0.05) is 9.90 Å². The fraction of sp³-hybridized carbons (Fsp3) is 0.278. The number of rotatable bonds is 6. The summed E-state index contributed by atoms with van der Waals surface area (Å²) < 4.78 is 1.42. The Morgan fingerprint density at radius 3 is 2.81 bits per heavy atom. The summed E-state index contributed by atoms with van der Waals surface area (Å²) in [5.74, 6) is 0.148. The molecule has 0 aliphatic heterocycles. The minimum absolute atomic E-state index is 0.0165. The van der Waals surface area contributed by atoms with E-state index in [0.717, 1.165) is 4.88 Å². The molecule has 0 fully saturated rings. The fourth-order valence-corrected chi connectivity index (χ4v) is 4.45. The lowest BCUT2D eigenvalue weighted by molar-refractivity contribution is 0.102. The molecule has 1 aromatic carbocycles. The lowest BCUT2D eigenvalue weighted by Gasteiger charge is -2.14. The van der Waals surface area contributed by atoms with Gasteiger partial charge in [0.2, 0.25) is 0 Å². The van der Waals surface area contributed by atoms with E-state index in [0.29, 0.717) is 26.0 Å². The SMILES string of the molecule is Cc1ccc(C(=O)CSc2nc3cc(Cl)ccc3c(=O)n2C[C@H](C)O)s1. The van der Waals surface area contributed by atoms with Crippen molar-refractivity contribution in [3.05, 3.63) is 55.5 Å². The second-order valence-corrected chi connectivity index (χ2v) is 8.61. The molecule has 3 rings (SSSR count). The minimum Gasteiger partial charge on any atom is -0.392 e. The third-order valence-corrected chi connectivity index (χ3v) is 5.93. The smallest absolute Gasteiger partial charge is 0.262 e. The molecule has 1 atom stereocenters. The summed E-state index contributed by atoms with van der Waals surface area (Å²) >= 11 is 8.64. The maximum absolute atomic E-state index is 12.8. The van der Waals surface area contributed by atoms with E-state index in [2.05, 4.69) is 4.98 Å². The fourth-order valence-electron chi connectivity index (χ4n) is 2.49. The van der Waals surface area contributed by atoms with Crippen LogP contribution in [0.25, 0.3) is 10.9 Å². The number of hydrogen-bond acceptors (Lipinski definition) is 6. The van der Waals surface area contributed by atoms with Crippen molar-refractivity contribution in [2.45, 2.75) is 31.7 Å². The van der Waals surface area contributed by atoms with Crippen molar-refractivity contribution in [1.29, 1.82) is 0 Å². The lowest BCUT2D eigenvalue weighted by Crippen LogP contribution is -2.28. The Balaban J connectivity index is 1.97. The van der Waals surface area contributed by atoms with Crippen molar-refractivity contribution in [3.63, 3.8) is 0 Å². The van der Waals surface area contributed by atoms with Gasteiger partial charge in [-0.25, -0.2) is 4.98 Å². The predicted octanol–water partition coefficient (Wildman–Crippen LogP) is 3.78. The van der Waals surface area contributed by atoms with Gasteiger partial charge in [0.1, 0.15) is 0 Å². The number of carbonyl (C=O) groups is 1. The summed E-state index contributed by atoms with van der Waals surface area (Å²) in [6.07, 6.45) is -0.714. The van der Waals surface area contributed by atoms with Crippen LogP contribution in [-0.4, -0.2) is 32.3 Å². The zero-order chi connectivity index (χ0) is 18.8. The Hall–Kier alpha value is -1.67. The van der Waals surface area contributed by atoms with E-state index in [-0.39, 0.29) is 23.6 Å². The van der Waals surface area contributed by atoms with Crippen LogP contribution in [0, 0.1) is 6.92 Å². The number of ketones is 1. The summed E-state index contributed by atoms with van der Waals surface area (Å²) in [6, 6.07) is 8.59. The highest BCUT2D eigenvalue weighted by molar-refractivity contribution is 7.99. The first-order valence-corrected chi connectivity index (χ1v) is 10.1. The van der Waals surface area contributed by atoms with Crippen molar-refractivity contribution in [3.8, 4) is 0 Å². The quantitative estimate of drug-likeness (QED) is 0.382. The number of aryl methyl sites for hydroxylation is 1. The van der Waals surface area contributed by atoms with E-state index in [1.807, 2.05) is 13.0 Å². The average Bonchev–Trinajstić information content (AvgIpc) is 3.01. The molecule has 26 heavy (non-hydrogen) atoms. The van der Waals surface area contributed by atoms with Crippen molar-refractivity contribution < 1.29 is 9.90 Å². The summed E-state index contributed by atoms with van der Waals surface area (Å²) in [4.78, 5) is 31.4. The molecule has 0 spiro atoms. The Bertz CT molecular complexity index is 1030. The number of aromatic nitrogens is 2. The molecule has 136 valence electrons. The van der Waals surface area contributed by atoms with Crippen LogP contribution in [0.5, 0.6) is 0 Å². The number of Topliss-reactive ketones (excluding diaryl/α,β-unsaturated/α-hetero) is 1. The highest BCUT2D eigenvalue weighted by atomic mass is 35.5. The molecule has 0 unspecified atom stereocenters. The predicted molar refractivity (Wildman–Crippen MR) is 107 cm³/mol. The Morgan fingerprint density at radius 2 is 2.15 bits per heavy atom. The molecule has 0 aliphatic carbocycles. The number of nitrogens with zero attached hydrogens (tertiary/aromatic N) is 2. The van der Waals surface area contributed by atoms with E-state index in [9.17, 15) is 14.7 Å². The first kappa shape index (κ1) is 19.1. The number of aliphatic hydroxyl groups is 1. The number of carbonyl (C=O) groups excluding carboxylic acids is 1. The molecule has 0 amide bonds. The zero-order valence-corrected chi connectivity index (χ0v) is 16.6. The molecule has 1 N–H and O–H groups in total. The van der Waals surface area contributed by atoms with Crippen LogP contribution in [-0.2, 0) is 6.54 Å². The number of aliphatic hydroxyl groups excluding tert-OH is 1. The van der Waals surface area contributed by atoms with Crippen molar-refractivity contribution in [1.82, 2.24) is 9.55 Å². The van der Waals surface area contributed by atoms with Gasteiger partial charge in [0.05, 0.1) is 34.2 Å². The van der Waals surface area contributed by atoms with E-state index in [1.54, 1.807) is 31.2 Å². The van der Waals surface area contributed by atoms with Crippen LogP contribution in [0.1, 0.15) is 21.5 Å². The lowest BCUT2D eigenvalue weighted by atomic mass is 10.2. The standard InChI is InChI=1S/C18H17ClN2O3S2/c1-10(22)8-21-17(24)13-5-4-12(19)7-14(13)20-18(21)25-9-15(23)16-6-3-11(2)26-16/h3-7,10,22H,8-9H2,1-2H3/t10-/m0/s1. The minimum atomic E-state index is -0.714. The van der Waals surface area contributed by atoms with Gasteiger partial charge in [0.25, 0.3) is 5.56 Å². The van der Waals surface area contributed by atoms with Gasteiger partial charge in [0.15, 0.2) is 10.9 Å². The van der Waals surface area contributed by atoms with E-state index in [1.165, 1.54) is 27.7 Å². The third-order valence-electron chi connectivity index (χ3n) is 3.68. The van der Waals surface area contributed by atoms with Crippen LogP contribution in [0.15, 0.2) is 40.3 Å². The first-order chi connectivity index (χ1) is 12.3. The van der Waals surface area contributed by atoms with Crippen LogP contribution in [0.3, 0.4) is 0 Å². The topological polar surface area (TPSA) is 72.2 Å². The molecule has 0 radical (unpaired) electrons. The summed E-state index contributed by atoms with van der Waals surface area (Å²) in [7, 11) is 0. The molecule has 2 heterocycles. The van der Waals surface area contributed by atoms with Gasteiger partial charge < -0.3 is 5.11 Å². The van der Waals surface area contributed by atoms with Gasteiger partial charge >= 0.3 is 0 Å². The van der Waals surface area contributed by atoms with E-state index < -0.39 is 6.10 Å². The monoisotopic (exact) mass is 408 g/mol. The maximum Gasteiger partial charge on any atom is 0.262 e. The van der Waals surface area contributed by atoms with Crippen LogP contribution >= 0.6 is 34.7 Å². The number of halogens is 1. The maximum atomic E-state index is 12.8. The largest absolute Gasteiger partial charge is 0.392 e. The molecule has 0 saturated heterocycles. The highest BCUT2D eigenvalue weighted by Crippen LogP contribution is 2.23. The number of hydrogen-bond donors (Lipinski definition) is 1. The molecule has 0 saturated carbocycles. The van der Waals surface area contributed by atoms with Gasteiger partial charge in [-0.15, -0.1) is 11.3 Å². The Kier molecular flexibility index (Phi) is 5.82. The molecule has 0 aliphatic rings. The van der Waals surface area contributed by atoms with Gasteiger partial charge in [-0.05, 0) is 44.2 Å². The Morgan fingerprint density at radius 1 is 1.38 bits per heavy atom. The molecular formula is C18H17ClN2O3S2. The molecule has 3 aromatic rings. The first-order valence-electron chi connectivity index (χ1n) is 7.96. The molecule has 2 aromatic heterocycles. The second kappa shape index (κ2) is 7.92. The van der Waals surface area contributed by atoms with Crippen LogP contribution < -0.4 is 5.56 Å². The van der Waals surface area contributed by atoms with Crippen LogP contribution in [0.4, 0.5) is 0 Å². The highest BCUT2D eigenvalue weighted by Gasteiger charge is 2.16. The van der Waals surface area contributed by atoms with Crippen molar-refractivity contribution in [2.24, 2.45) is 0 Å². The Labute approximate surface area is 163 Å². The van der Waals surface area contributed by atoms with Gasteiger partial charge in [-0.2, -0.15) is 0 Å². The van der Waals surface area contributed by atoms with Crippen molar-refractivity contribution >= 4 is 51.4 Å². The van der Waals surface area contributed by atoms with Crippen LogP contribution in [0.2, 0.25) is 5.02 Å². The van der Waals surface area contributed by atoms with Gasteiger partial charge in [-0.3, -0.25) is 14.2 Å². The normalized spacial score (nSPS) is 12.5.